The molecule has 0 N–H and O–H groups in total. The molecule has 1 aromatic rings. The maximum Gasteiger partial charge on any atom is 0.0635 e. The molecule has 1 saturated heterocycles. The zero-order chi connectivity index (χ0) is 11.2. The van der Waals surface area contributed by atoms with E-state index in [1.165, 1.54) is 24.8 Å². The van der Waals surface area contributed by atoms with Crippen LogP contribution in [0.15, 0.2) is 24.5 Å². The Hall–Kier alpha value is -1.40. The summed E-state index contributed by atoms with van der Waals surface area (Å²) in [7, 11) is 0. The fraction of sp³-hybridized carbons (Fsp3) is 0.538. The van der Waals surface area contributed by atoms with Crippen molar-refractivity contribution in [2.75, 3.05) is 13.1 Å². The van der Waals surface area contributed by atoms with E-state index in [1.807, 2.05) is 18.5 Å². The van der Waals surface area contributed by atoms with E-state index >= 15 is 0 Å². The van der Waals surface area contributed by atoms with Crippen LogP contribution in [0, 0.1) is 11.3 Å². The van der Waals surface area contributed by atoms with Gasteiger partial charge in [-0.1, -0.05) is 12.5 Å². The minimum Gasteiger partial charge on any atom is -0.295 e. The van der Waals surface area contributed by atoms with Gasteiger partial charge in [0.05, 0.1) is 6.07 Å². The number of rotatable bonds is 3. The number of likely N-dealkylation sites (tertiary alicyclic amines) is 1. The van der Waals surface area contributed by atoms with Gasteiger partial charge in [-0.05, 0) is 31.0 Å². The quantitative estimate of drug-likeness (QED) is 0.777. The summed E-state index contributed by atoms with van der Waals surface area (Å²) in [6.45, 7) is 2.00. The molecule has 0 radical (unpaired) electrons. The summed E-state index contributed by atoms with van der Waals surface area (Å²) in [5.74, 6) is 0. The zero-order valence-electron chi connectivity index (χ0n) is 9.47. The third-order valence-corrected chi connectivity index (χ3v) is 3.19. The summed E-state index contributed by atoms with van der Waals surface area (Å²) in [5, 5.41) is 8.66. The van der Waals surface area contributed by atoms with Crippen molar-refractivity contribution in [2.45, 2.75) is 31.7 Å². The largest absolute Gasteiger partial charge is 0.295 e. The van der Waals surface area contributed by atoms with E-state index in [1.54, 1.807) is 0 Å². The SMILES string of the molecule is N#CCCN1CCCC[C@@H]1c1cccnc1. The van der Waals surface area contributed by atoms with E-state index in [-0.39, 0.29) is 0 Å². The van der Waals surface area contributed by atoms with Gasteiger partial charge in [-0.2, -0.15) is 5.26 Å². The average molecular weight is 215 g/mol. The zero-order valence-corrected chi connectivity index (χ0v) is 9.47. The van der Waals surface area contributed by atoms with Gasteiger partial charge in [0, 0.05) is 31.4 Å². The van der Waals surface area contributed by atoms with Crippen molar-refractivity contribution in [2.24, 2.45) is 0 Å². The van der Waals surface area contributed by atoms with Crippen molar-refractivity contribution in [3.05, 3.63) is 30.1 Å². The molecule has 1 aliphatic rings. The predicted molar refractivity (Wildman–Crippen MR) is 62.6 cm³/mol. The van der Waals surface area contributed by atoms with E-state index in [0.29, 0.717) is 12.5 Å². The molecule has 3 nitrogen and oxygen atoms in total. The van der Waals surface area contributed by atoms with E-state index in [9.17, 15) is 0 Å². The Morgan fingerprint density at radius 3 is 3.19 bits per heavy atom. The molecule has 2 rings (SSSR count). The van der Waals surface area contributed by atoms with Gasteiger partial charge in [-0.25, -0.2) is 0 Å². The van der Waals surface area contributed by atoms with Crippen LogP contribution < -0.4 is 0 Å². The van der Waals surface area contributed by atoms with Gasteiger partial charge in [0.2, 0.25) is 0 Å². The van der Waals surface area contributed by atoms with Gasteiger partial charge in [0.25, 0.3) is 0 Å². The molecule has 1 aliphatic heterocycles. The Bertz CT molecular complexity index is 355. The molecule has 2 heterocycles. The molecule has 84 valence electrons. The lowest BCUT2D eigenvalue weighted by Gasteiger charge is -2.35. The van der Waals surface area contributed by atoms with Crippen LogP contribution in [0.3, 0.4) is 0 Å². The first kappa shape index (κ1) is 11.1. The molecular weight excluding hydrogens is 198 g/mol. The molecule has 0 amide bonds. The van der Waals surface area contributed by atoms with Crippen LogP contribution in [0.5, 0.6) is 0 Å². The third kappa shape index (κ3) is 2.59. The van der Waals surface area contributed by atoms with Gasteiger partial charge >= 0.3 is 0 Å². The summed E-state index contributed by atoms with van der Waals surface area (Å²) in [4.78, 5) is 6.60. The van der Waals surface area contributed by atoms with Crippen molar-refractivity contribution < 1.29 is 0 Å². The Kier molecular flexibility index (Phi) is 3.90. The second-order valence-electron chi connectivity index (χ2n) is 4.24. The molecule has 0 aromatic carbocycles. The summed E-state index contributed by atoms with van der Waals surface area (Å²) < 4.78 is 0. The molecule has 0 spiro atoms. The van der Waals surface area contributed by atoms with Crippen molar-refractivity contribution in [3.63, 3.8) is 0 Å². The molecule has 0 bridgehead atoms. The normalized spacial score (nSPS) is 21.6. The van der Waals surface area contributed by atoms with Crippen molar-refractivity contribution in [1.82, 2.24) is 9.88 Å². The fourth-order valence-electron chi connectivity index (χ4n) is 2.40. The van der Waals surface area contributed by atoms with Crippen LogP contribution >= 0.6 is 0 Å². The average Bonchev–Trinajstić information content (AvgIpc) is 2.38. The predicted octanol–water partition coefficient (Wildman–Crippen LogP) is 2.52. The van der Waals surface area contributed by atoms with Crippen LogP contribution in [0.25, 0.3) is 0 Å². The number of nitrogens with zero attached hydrogens (tertiary/aromatic N) is 3. The first-order valence-corrected chi connectivity index (χ1v) is 5.93. The number of hydrogen-bond acceptors (Lipinski definition) is 3. The molecule has 0 unspecified atom stereocenters. The molecule has 0 saturated carbocycles. The van der Waals surface area contributed by atoms with E-state index in [2.05, 4.69) is 22.0 Å². The summed E-state index contributed by atoms with van der Waals surface area (Å²) in [6.07, 6.45) is 8.11. The van der Waals surface area contributed by atoms with Crippen molar-refractivity contribution >= 4 is 0 Å². The molecule has 1 aromatic heterocycles. The van der Waals surface area contributed by atoms with Crippen molar-refractivity contribution in [3.8, 4) is 6.07 Å². The number of nitriles is 1. The molecule has 16 heavy (non-hydrogen) atoms. The van der Waals surface area contributed by atoms with Crippen LogP contribution in [0.1, 0.15) is 37.3 Å². The number of aromatic nitrogens is 1. The highest BCUT2D eigenvalue weighted by Crippen LogP contribution is 2.30. The van der Waals surface area contributed by atoms with Gasteiger partial charge in [-0.15, -0.1) is 0 Å². The maximum atomic E-state index is 8.66. The Morgan fingerprint density at radius 1 is 1.50 bits per heavy atom. The third-order valence-electron chi connectivity index (χ3n) is 3.19. The van der Waals surface area contributed by atoms with Gasteiger partial charge in [-0.3, -0.25) is 9.88 Å². The molecular formula is C13H17N3. The Balaban J connectivity index is 2.08. The lowest BCUT2D eigenvalue weighted by molar-refractivity contribution is 0.152. The van der Waals surface area contributed by atoms with Gasteiger partial charge in [0.15, 0.2) is 0 Å². The van der Waals surface area contributed by atoms with Crippen LogP contribution in [0.2, 0.25) is 0 Å². The number of pyridine rings is 1. The lowest BCUT2D eigenvalue weighted by atomic mass is 9.96. The van der Waals surface area contributed by atoms with Crippen LogP contribution in [0.4, 0.5) is 0 Å². The van der Waals surface area contributed by atoms with Gasteiger partial charge < -0.3 is 0 Å². The Labute approximate surface area is 96.7 Å². The van der Waals surface area contributed by atoms with Gasteiger partial charge in [0.1, 0.15) is 0 Å². The van der Waals surface area contributed by atoms with Crippen LogP contribution in [-0.4, -0.2) is 23.0 Å². The molecule has 3 heteroatoms. The number of hydrogen-bond donors (Lipinski definition) is 0. The highest BCUT2D eigenvalue weighted by atomic mass is 15.2. The molecule has 1 fully saturated rings. The monoisotopic (exact) mass is 215 g/mol. The summed E-state index contributed by atoms with van der Waals surface area (Å²) >= 11 is 0. The Morgan fingerprint density at radius 2 is 2.44 bits per heavy atom. The highest BCUT2D eigenvalue weighted by molar-refractivity contribution is 5.14. The first-order valence-electron chi connectivity index (χ1n) is 5.93. The fourth-order valence-corrected chi connectivity index (χ4v) is 2.40. The van der Waals surface area contributed by atoms with E-state index in [0.717, 1.165) is 13.1 Å². The van der Waals surface area contributed by atoms with E-state index < -0.39 is 0 Å². The smallest absolute Gasteiger partial charge is 0.0635 e. The van der Waals surface area contributed by atoms with E-state index in [4.69, 9.17) is 5.26 Å². The summed E-state index contributed by atoms with van der Waals surface area (Å²) in [6, 6.07) is 6.83. The maximum absolute atomic E-state index is 8.66. The molecule has 0 aliphatic carbocycles. The lowest BCUT2D eigenvalue weighted by Crippen LogP contribution is -2.34. The second-order valence-corrected chi connectivity index (χ2v) is 4.24. The molecule has 1 atom stereocenters. The topological polar surface area (TPSA) is 39.9 Å². The highest BCUT2D eigenvalue weighted by Gasteiger charge is 2.23. The van der Waals surface area contributed by atoms with Crippen LogP contribution in [-0.2, 0) is 0 Å². The first-order chi connectivity index (χ1) is 7.92. The minimum atomic E-state index is 0.468. The van der Waals surface area contributed by atoms with Crippen molar-refractivity contribution in [1.29, 1.82) is 5.26 Å². The number of piperidine rings is 1. The summed E-state index contributed by atoms with van der Waals surface area (Å²) in [5.41, 5.74) is 1.29. The standard InChI is InChI=1S/C13H17N3/c14-7-4-10-16-9-2-1-6-13(16)12-5-3-8-15-11-12/h3,5,8,11,13H,1-2,4,6,9-10H2/t13-/m1/s1. The second kappa shape index (κ2) is 5.62. The minimum absolute atomic E-state index is 0.468.